The molecule has 1 spiro atoms. The van der Waals surface area contributed by atoms with E-state index in [9.17, 15) is 14.7 Å². The Morgan fingerprint density at radius 1 is 1.48 bits per heavy atom. The molecule has 7 heteroatoms. The lowest BCUT2D eigenvalue weighted by Crippen LogP contribution is -2.45. The van der Waals surface area contributed by atoms with Crippen LogP contribution >= 0.6 is 0 Å². The molecule has 4 atom stereocenters. The molecule has 2 aliphatic rings. The van der Waals surface area contributed by atoms with Crippen molar-refractivity contribution in [3.8, 4) is 0 Å². The number of fused-ring (bicyclic) bond motifs is 2. The number of alkyl halides is 1. The zero-order valence-electron chi connectivity index (χ0n) is 17.4. The Labute approximate surface area is 170 Å². The van der Waals surface area contributed by atoms with Crippen LogP contribution in [-0.4, -0.2) is 41.8 Å². The lowest BCUT2D eigenvalue weighted by Gasteiger charge is -2.32. The number of carbonyl (C=O) groups excluding carboxylic acids is 2. The number of amides is 2. The zero-order valence-corrected chi connectivity index (χ0v) is 17.4. The normalized spacial score (nSPS) is 28.7. The predicted molar refractivity (Wildman–Crippen MR) is 109 cm³/mol. The van der Waals surface area contributed by atoms with Gasteiger partial charge in [0, 0.05) is 43.2 Å². The summed E-state index contributed by atoms with van der Waals surface area (Å²) < 4.78 is 21.5. The van der Waals surface area contributed by atoms with Crippen LogP contribution in [0.3, 0.4) is 0 Å². The molecule has 1 aromatic carbocycles. The molecule has 0 unspecified atom stereocenters. The Kier molecular flexibility index (Phi) is 5.58. The molecule has 3 rings (SSSR count). The molecule has 29 heavy (non-hydrogen) atoms. The van der Waals surface area contributed by atoms with Gasteiger partial charge in [-0.1, -0.05) is 13.0 Å². The molecule has 2 aliphatic heterocycles. The van der Waals surface area contributed by atoms with E-state index in [1.807, 2.05) is 6.92 Å². The summed E-state index contributed by atoms with van der Waals surface area (Å²) in [5.74, 6) is -1.56. The third kappa shape index (κ3) is 3.36. The number of aliphatic hydroxyl groups is 1. The largest absolute Gasteiger partial charge is 0.396 e. The van der Waals surface area contributed by atoms with E-state index < -0.39 is 29.2 Å². The Morgan fingerprint density at radius 2 is 2.17 bits per heavy atom. The van der Waals surface area contributed by atoms with Gasteiger partial charge in [-0.15, -0.1) is 6.58 Å². The topological polar surface area (TPSA) is 78.9 Å². The third-order valence-electron chi connectivity index (χ3n) is 6.01. The second kappa shape index (κ2) is 7.54. The van der Waals surface area contributed by atoms with Gasteiger partial charge in [0.2, 0.25) is 5.91 Å². The van der Waals surface area contributed by atoms with Crippen molar-refractivity contribution in [3.05, 3.63) is 36.4 Å². The van der Waals surface area contributed by atoms with Crippen LogP contribution in [0.1, 0.15) is 39.7 Å². The van der Waals surface area contributed by atoms with Crippen LogP contribution in [0.5, 0.6) is 0 Å². The summed E-state index contributed by atoms with van der Waals surface area (Å²) in [7, 11) is 0. The summed E-state index contributed by atoms with van der Waals surface area (Å²) in [4.78, 5) is 26.7. The molecule has 0 bridgehead atoms. The molecular formula is C22H29FN2O4. The molecule has 2 amide bonds. The van der Waals surface area contributed by atoms with Crippen LogP contribution in [0.2, 0.25) is 0 Å². The predicted octanol–water partition coefficient (Wildman–Crippen LogP) is 3.15. The molecule has 0 aromatic heterocycles. The number of anilines is 2. The van der Waals surface area contributed by atoms with Crippen molar-refractivity contribution in [1.29, 1.82) is 0 Å². The van der Waals surface area contributed by atoms with Crippen molar-refractivity contribution in [3.63, 3.8) is 0 Å². The molecular weight excluding hydrogens is 375 g/mol. The van der Waals surface area contributed by atoms with Crippen molar-refractivity contribution in [2.24, 2.45) is 11.8 Å². The Morgan fingerprint density at radius 3 is 2.72 bits per heavy atom. The highest BCUT2D eigenvalue weighted by molar-refractivity contribution is 6.08. The standard InChI is InChI=1S/C22H29FN2O4/c1-6-10-25-17-8-7-15(24-14(3)27)12-16(17)22(20(25)28)13(2)19(21(4,5)23)18(29-22)9-11-26/h6-8,12-13,18-19,26H,1,9-11H2,2-5H3,(H,24,27)/t13-,18+,19-,22+/m1/s1. The Bertz CT molecular complexity index is 835. The minimum Gasteiger partial charge on any atom is -0.396 e. The van der Waals surface area contributed by atoms with Gasteiger partial charge in [-0.3, -0.25) is 9.59 Å². The molecule has 1 fully saturated rings. The molecule has 2 N–H and O–H groups in total. The number of nitrogens with zero attached hydrogens (tertiary/aromatic N) is 1. The highest BCUT2D eigenvalue weighted by Crippen LogP contribution is 2.58. The van der Waals surface area contributed by atoms with Gasteiger partial charge < -0.3 is 20.1 Å². The number of hydrogen-bond donors (Lipinski definition) is 2. The summed E-state index contributed by atoms with van der Waals surface area (Å²) in [6, 6.07) is 5.23. The quantitative estimate of drug-likeness (QED) is 0.714. The van der Waals surface area contributed by atoms with Crippen LogP contribution in [0.4, 0.5) is 15.8 Å². The van der Waals surface area contributed by atoms with E-state index in [-0.39, 0.29) is 31.4 Å². The van der Waals surface area contributed by atoms with Gasteiger partial charge in [-0.05, 0) is 38.5 Å². The first-order valence-electron chi connectivity index (χ1n) is 9.90. The van der Waals surface area contributed by atoms with E-state index in [0.717, 1.165) is 0 Å². The highest BCUT2D eigenvalue weighted by Gasteiger charge is 2.65. The van der Waals surface area contributed by atoms with Gasteiger partial charge in [0.15, 0.2) is 5.60 Å². The molecule has 0 aliphatic carbocycles. The number of nitrogens with one attached hydrogen (secondary N) is 1. The first kappa shape index (κ1) is 21.5. The second-order valence-corrected chi connectivity index (χ2v) is 8.40. The van der Waals surface area contributed by atoms with Gasteiger partial charge in [0.25, 0.3) is 5.91 Å². The average Bonchev–Trinajstić information content (AvgIpc) is 3.03. The second-order valence-electron chi connectivity index (χ2n) is 8.40. The number of halogens is 1. The van der Waals surface area contributed by atoms with E-state index in [1.54, 1.807) is 29.2 Å². The number of ether oxygens (including phenoxy) is 1. The number of aliphatic hydroxyl groups excluding tert-OH is 1. The fraction of sp³-hybridized carbons (Fsp3) is 0.545. The minimum absolute atomic E-state index is 0.163. The van der Waals surface area contributed by atoms with Crippen LogP contribution in [0, 0.1) is 11.8 Å². The van der Waals surface area contributed by atoms with Crippen LogP contribution in [0.25, 0.3) is 0 Å². The molecule has 6 nitrogen and oxygen atoms in total. The van der Waals surface area contributed by atoms with Crippen molar-refractivity contribution < 1.29 is 23.8 Å². The molecule has 1 aromatic rings. The van der Waals surface area contributed by atoms with E-state index in [4.69, 9.17) is 4.74 Å². The van der Waals surface area contributed by atoms with E-state index in [0.29, 0.717) is 16.9 Å². The zero-order chi connectivity index (χ0) is 21.6. The first-order chi connectivity index (χ1) is 13.6. The van der Waals surface area contributed by atoms with Crippen molar-refractivity contribution in [2.45, 2.75) is 51.5 Å². The maximum Gasteiger partial charge on any atom is 0.264 e. The fourth-order valence-corrected chi connectivity index (χ4v) is 5.04. The lowest BCUT2D eigenvalue weighted by molar-refractivity contribution is -0.146. The first-order valence-corrected chi connectivity index (χ1v) is 9.90. The average molecular weight is 404 g/mol. The number of carbonyl (C=O) groups is 2. The van der Waals surface area contributed by atoms with Gasteiger partial charge in [-0.25, -0.2) is 4.39 Å². The van der Waals surface area contributed by atoms with Crippen molar-refractivity contribution in [2.75, 3.05) is 23.4 Å². The van der Waals surface area contributed by atoms with Gasteiger partial charge >= 0.3 is 0 Å². The summed E-state index contributed by atoms with van der Waals surface area (Å²) >= 11 is 0. The summed E-state index contributed by atoms with van der Waals surface area (Å²) in [5.41, 5.74) is -1.17. The minimum atomic E-state index is -1.61. The summed E-state index contributed by atoms with van der Waals surface area (Å²) in [6.45, 7) is 10.1. The van der Waals surface area contributed by atoms with Gasteiger partial charge in [-0.2, -0.15) is 0 Å². The van der Waals surface area contributed by atoms with Crippen molar-refractivity contribution in [1.82, 2.24) is 0 Å². The van der Waals surface area contributed by atoms with Crippen LogP contribution in [0.15, 0.2) is 30.9 Å². The Balaban J connectivity index is 2.19. The van der Waals surface area contributed by atoms with Crippen LogP contribution < -0.4 is 10.2 Å². The monoisotopic (exact) mass is 404 g/mol. The van der Waals surface area contributed by atoms with Gasteiger partial charge in [0.05, 0.1) is 11.8 Å². The number of benzene rings is 1. The molecule has 0 radical (unpaired) electrons. The third-order valence-corrected chi connectivity index (χ3v) is 6.01. The maximum atomic E-state index is 15.2. The van der Waals surface area contributed by atoms with Gasteiger partial charge in [0.1, 0.15) is 5.67 Å². The molecule has 0 saturated carbocycles. The molecule has 1 saturated heterocycles. The summed E-state index contributed by atoms with van der Waals surface area (Å²) in [5, 5.41) is 12.2. The fourth-order valence-electron chi connectivity index (χ4n) is 5.04. The summed E-state index contributed by atoms with van der Waals surface area (Å²) in [6.07, 6.45) is 1.25. The molecule has 2 heterocycles. The highest BCUT2D eigenvalue weighted by atomic mass is 19.1. The smallest absolute Gasteiger partial charge is 0.264 e. The van der Waals surface area contributed by atoms with Crippen molar-refractivity contribution >= 4 is 23.2 Å². The number of rotatable bonds is 6. The lowest BCUT2D eigenvalue weighted by atomic mass is 9.71. The Hall–Kier alpha value is -2.25. The SMILES string of the molecule is C=CCN1C(=O)[C@@]2(O[C@@H](CCO)[C@H](C(C)(C)F)[C@H]2C)c2cc(NC(C)=O)ccc21. The maximum absolute atomic E-state index is 15.2. The number of hydrogen-bond acceptors (Lipinski definition) is 4. The van der Waals surface area contributed by atoms with Crippen LogP contribution in [-0.2, 0) is 19.9 Å². The van der Waals surface area contributed by atoms with E-state index in [1.165, 1.54) is 20.8 Å². The molecule has 158 valence electrons. The van der Waals surface area contributed by atoms with E-state index in [2.05, 4.69) is 11.9 Å². The van der Waals surface area contributed by atoms with E-state index >= 15 is 4.39 Å².